The zero-order valence-corrected chi connectivity index (χ0v) is 16.6. The first-order valence-corrected chi connectivity index (χ1v) is 9.99. The summed E-state index contributed by atoms with van der Waals surface area (Å²) in [6.07, 6.45) is 4.57. The van der Waals surface area contributed by atoms with Gasteiger partial charge >= 0.3 is 0 Å². The van der Waals surface area contributed by atoms with E-state index in [1.54, 1.807) is 11.6 Å². The molecule has 31 heavy (non-hydrogen) atoms. The third-order valence-corrected chi connectivity index (χ3v) is 5.38. The second-order valence-electron chi connectivity index (χ2n) is 6.57. The summed E-state index contributed by atoms with van der Waals surface area (Å²) in [7, 11) is 0. The number of furan rings is 1. The lowest BCUT2D eigenvalue weighted by atomic mass is 10.1. The van der Waals surface area contributed by atoms with Gasteiger partial charge in [-0.2, -0.15) is 0 Å². The summed E-state index contributed by atoms with van der Waals surface area (Å²) in [6, 6.07) is 13.8. The number of nitro benzene ring substituents is 1. The number of fused-ring (bicyclic) bond motifs is 1. The normalized spacial score (nSPS) is 11.0. The Morgan fingerprint density at radius 2 is 2.06 bits per heavy atom. The molecule has 0 aliphatic rings. The molecule has 0 atom stereocenters. The number of carbonyl (C=O) groups is 1. The fourth-order valence-electron chi connectivity index (χ4n) is 3.15. The summed E-state index contributed by atoms with van der Waals surface area (Å²) in [5.74, 6) is 0.101. The molecule has 3 aromatic heterocycles. The van der Waals surface area contributed by atoms with E-state index >= 15 is 0 Å². The van der Waals surface area contributed by atoms with Gasteiger partial charge in [0, 0.05) is 34.8 Å². The van der Waals surface area contributed by atoms with E-state index in [0.29, 0.717) is 22.3 Å². The molecule has 5 rings (SSSR count). The van der Waals surface area contributed by atoms with Crippen LogP contribution in [0, 0.1) is 10.1 Å². The number of nitrogens with zero attached hydrogens (tertiary/aromatic N) is 4. The minimum atomic E-state index is -0.533. The number of rotatable bonds is 5. The van der Waals surface area contributed by atoms with Crippen molar-refractivity contribution in [1.82, 2.24) is 14.5 Å². The van der Waals surface area contributed by atoms with E-state index in [1.807, 2.05) is 30.3 Å². The molecule has 152 valence electrons. The predicted molar refractivity (Wildman–Crippen MR) is 115 cm³/mol. The van der Waals surface area contributed by atoms with Crippen LogP contribution in [0.15, 0.2) is 77.0 Å². The summed E-state index contributed by atoms with van der Waals surface area (Å²) >= 11 is 1.24. The first-order valence-electron chi connectivity index (χ1n) is 9.11. The molecule has 0 aliphatic heterocycles. The Kier molecular flexibility index (Phi) is 4.53. The molecule has 9 nitrogen and oxygen atoms in total. The second kappa shape index (κ2) is 7.50. The van der Waals surface area contributed by atoms with Gasteiger partial charge in [-0.25, -0.2) is 9.97 Å². The second-order valence-corrected chi connectivity index (χ2v) is 7.43. The highest BCUT2D eigenvalue weighted by molar-refractivity contribution is 7.14. The lowest BCUT2D eigenvalue weighted by Gasteiger charge is -2.06. The van der Waals surface area contributed by atoms with Crippen LogP contribution < -0.4 is 5.32 Å². The third kappa shape index (κ3) is 3.55. The Morgan fingerprint density at radius 1 is 1.19 bits per heavy atom. The number of thiazole rings is 1. The molecule has 1 amide bonds. The number of amides is 1. The third-order valence-electron chi connectivity index (χ3n) is 4.62. The molecule has 0 fully saturated rings. The van der Waals surface area contributed by atoms with Crippen LogP contribution in [-0.2, 0) is 0 Å². The molecule has 3 heterocycles. The first kappa shape index (κ1) is 18.7. The predicted octanol–water partition coefficient (Wildman–Crippen LogP) is 4.90. The van der Waals surface area contributed by atoms with Crippen LogP contribution in [0.3, 0.4) is 0 Å². The van der Waals surface area contributed by atoms with E-state index in [4.69, 9.17) is 4.42 Å². The number of nitro groups is 1. The van der Waals surface area contributed by atoms with Gasteiger partial charge in [-0.05, 0) is 24.3 Å². The van der Waals surface area contributed by atoms with Crippen LogP contribution in [0.4, 0.5) is 10.8 Å². The molecule has 0 saturated heterocycles. The Hall–Kier alpha value is -4.31. The number of carbonyl (C=O) groups excluding carboxylic acids is 1. The minimum Gasteiger partial charge on any atom is -0.454 e. The summed E-state index contributed by atoms with van der Waals surface area (Å²) in [6.45, 7) is 0. The first-order chi connectivity index (χ1) is 15.1. The SMILES string of the molecule is O=C(Nc1nc(-c2cc3ccccc3o2)cs1)c1ccc(-n2ccnc2)c([N+](=O)[O-])c1. The number of nitrogens with one attached hydrogen (secondary N) is 1. The fourth-order valence-corrected chi connectivity index (χ4v) is 3.85. The van der Waals surface area contributed by atoms with E-state index in [-0.39, 0.29) is 11.3 Å². The van der Waals surface area contributed by atoms with Crippen molar-refractivity contribution in [1.29, 1.82) is 0 Å². The number of aromatic nitrogens is 3. The Bertz CT molecular complexity index is 1390. The van der Waals surface area contributed by atoms with Gasteiger partial charge in [-0.3, -0.25) is 20.2 Å². The number of anilines is 1. The van der Waals surface area contributed by atoms with Crippen LogP contribution in [0.1, 0.15) is 10.4 Å². The summed E-state index contributed by atoms with van der Waals surface area (Å²) in [5.41, 5.74) is 1.61. The average Bonchev–Trinajstić information content (AvgIpc) is 3.53. The maximum Gasteiger partial charge on any atom is 0.294 e. The lowest BCUT2D eigenvalue weighted by molar-refractivity contribution is -0.384. The fraction of sp³-hybridized carbons (Fsp3) is 0. The molecule has 10 heteroatoms. The quantitative estimate of drug-likeness (QED) is 0.312. The van der Waals surface area contributed by atoms with Crippen molar-refractivity contribution in [2.45, 2.75) is 0 Å². The van der Waals surface area contributed by atoms with Gasteiger partial charge in [-0.15, -0.1) is 11.3 Å². The highest BCUT2D eigenvalue weighted by atomic mass is 32.1. The number of imidazole rings is 1. The zero-order valence-electron chi connectivity index (χ0n) is 15.8. The van der Waals surface area contributed by atoms with Gasteiger partial charge in [0.2, 0.25) is 0 Å². The van der Waals surface area contributed by atoms with Crippen molar-refractivity contribution in [2.24, 2.45) is 0 Å². The van der Waals surface area contributed by atoms with Crippen molar-refractivity contribution < 1.29 is 14.1 Å². The van der Waals surface area contributed by atoms with E-state index in [1.165, 1.54) is 46.6 Å². The van der Waals surface area contributed by atoms with Crippen LogP contribution >= 0.6 is 11.3 Å². The Balaban J connectivity index is 1.39. The molecular formula is C21H13N5O4S. The minimum absolute atomic E-state index is 0.149. The maximum absolute atomic E-state index is 12.7. The van der Waals surface area contributed by atoms with Gasteiger partial charge in [-0.1, -0.05) is 18.2 Å². The standard InChI is InChI=1S/C21H13N5O4S/c27-20(14-5-6-16(17(9-14)26(28)29)25-8-7-22-12-25)24-21-23-15(11-31-21)19-10-13-3-1-2-4-18(13)30-19/h1-12H,(H,23,24,27). The van der Waals surface area contributed by atoms with E-state index in [2.05, 4.69) is 15.3 Å². The largest absolute Gasteiger partial charge is 0.454 e. The van der Waals surface area contributed by atoms with Crippen LogP contribution in [0.5, 0.6) is 0 Å². The highest BCUT2D eigenvalue weighted by Gasteiger charge is 2.20. The molecule has 2 aromatic carbocycles. The maximum atomic E-state index is 12.7. The van der Waals surface area contributed by atoms with E-state index in [9.17, 15) is 14.9 Å². The molecular weight excluding hydrogens is 418 g/mol. The van der Waals surface area contributed by atoms with Crippen LogP contribution in [-0.4, -0.2) is 25.4 Å². The molecule has 0 unspecified atom stereocenters. The van der Waals surface area contributed by atoms with Gasteiger partial charge < -0.3 is 8.98 Å². The van der Waals surface area contributed by atoms with E-state index in [0.717, 1.165) is 11.0 Å². The van der Waals surface area contributed by atoms with E-state index < -0.39 is 10.8 Å². The van der Waals surface area contributed by atoms with Crippen molar-refractivity contribution in [2.75, 3.05) is 5.32 Å². The molecule has 0 radical (unpaired) electrons. The smallest absolute Gasteiger partial charge is 0.294 e. The van der Waals surface area contributed by atoms with Gasteiger partial charge in [0.05, 0.1) is 11.3 Å². The number of hydrogen-bond donors (Lipinski definition) is 1. The molecule has 0 aliphatic carbocycles. The zero-order chi connectivity index (χ0) is 21.4. The summed E-state index contributed by atoms with van der Waals surface area (Å²) in [4.78, 5) is 31.9. The van der Waals surface area contributed by atoms with Gasteiger partial charge in [0.25, 0.3) is 11.6 Å². The van der Waals surface area contributed by atoms with Crippen molar-refractivity contribution >= 4 is 39.0 Å². The Labute approximate surface area is 178 Å². The van der Waals surface area contributed by atoms with Crippen molar-refractivity contribution in [3.05, 3.63) is 88.3 Å². The summed E-state index contributed by atoms with van der Waals surface area (Å²) in [5, 5.41) is 17.3. The van der Waals surface area contributed by atoms with Crippen LogP contribution in [0.25, 0.3) is 28.1 Å². The Morgan fingerprint density at radius 3 is 2.84 bits per heavy atom. The van der Waals surface area contributed by atoms with Gasteiger partial charge in [0.1, 0.15) is 17.0 Å². The van der Waals surface area contributed by atoms with Gasteiger partial charge in [0.15, 0.2) is 10.9 Å². The number of hydrogen-bond acceptors (Lipinski definition) is 7. The molecule has 0 spiro atoms. The lowest BCUT2D eigenvalue weighted by Crippen LogP contribution is -2.12. The topological polar surface area (TPSA) is 116 Å². The molecule has 0 saturated carbocycles. The number of benzene rings is 2. The molecule has 5 aromatic rings. The number of para-hydroxylation sites is 1. The highest BCUT2D eigenvalue weighted by Crippen LogP contribution is 2.30. The molecule has 1 N–H and O–H groups in total. The van der Waals surface area contributed by atoms with Crippen molar-refractivity contribution in [3.63, 3.8) is 0 Å². The van der Waals surface area contributed by atoms with Crippen molar-refractivity contribution in [3.8, 4) is 17.1 Å². The average molecular weight is 431 g/mol. The molecule has 0 bridgehead atoms. The monoisotopic (exact) mass is 431 g/mol. The van der Waals surface area contributed by atoms with Crippen LogP contribution in [0.2, 0.25) is 0 Å². The summed E-state index contributed by atoms with van der Waals surface area (Å²) < 4.78 is 7.31.